The Labute approximate surface area is 119 Å². The van der Waals surface area contributed by atoms with Gasteiger partial charge in [-0.2, -0.15) is 0 Å². The summed E-state index contributed by atoms with van der Waals surface area (Å²) in [6.45, 7) is 4.05. The minimum atomic E-state index is -0.922. The molecule has 20 heavy (non-hydrogen) atoms. The fraction of sp³-hybridized carbons (Fsp3) is 0.786. The van der Waals surface area contributed by atoms with Gasteiger partial charge in [0.2, 0.25) is 11.8 Å². The molecule has 0 aliphatic heterocycles. The molecule has 3 atom stereocenters. The average molecular weight is 284 g/mol. The molecule has 1 aliphatic carbocycles. The van der Waals surface area contributed by atoms with Crippen LogP contribution in [0.5, 0.6) is 0 Å². The second kappa shape index (κ2) is 7.26. The minimum Gasteiger partial charge on any atom is -0.481 e. The molecule has 0 heterocycles. The highest BCUT2D eigenvalue weighted by molar-refractivity contribution is 5.90. The molecule has 1 saturated carbocycles. The number of carboxylic acid groups (broad SMARTS) is 1. The monoisotopic (exact) mass is 284 g/mol. The van der Waals surface area contributed by atoms with Crippen LogP contribution in [-0.2, 0) is 14.4 Å². The second-order valence-electron chi connectivity index (χ2n) is 5.42. The van der Waals surface area contributed by atoms with Crippen molar-refractivity contribution in [2.24, 2.45) is 11.8 Å². The number of carbonyl (C=O) groups excluding carboxylic acids is 2. The summed E-state index contributed by atoms with van der Waals surface area (Å²) in [4.78, 5) is 36.8. The molecule has 0 saturated heterocycles. The first-order valence-corrected chi connectivity index (χ1v) is 7.16. The van der Waals surface area contributed by atoms with E-state index in [4.69, 9.17) is 0 Å². The van der Waals surface area contributed by atoms with Crippen LogP contribution in [0.2, 0.25) is 0 Å². The number of carbonyl (C=O) groups is 3. The van der Waals surface area contributed by atoms with Crippen LogP contribution in [0.4, 0.5) is 0 Å². The highest BCUT2D eigenvalue weighted by atomic mass is 16.4. The van der Waals surface area contributed by atoms with E-state index >= 15 is 0 Å². The summed E-state index contributed by atoms with van der Waals surface area (Å²) in [5.41, 5.74) is 0. The Kier molecular flexibility index (Phi) is 5.98. The van der Waals surface area contributed by atoms with Gasteiger partial charge in [-0.1, -0.05) is 12.8 Å². The summed E-state index contributed by atoms with van der Waals surface area (Å²) in [7, 11) is 1.67. The van der Waals surface area contributed by atoms with Gasteiger partial charge >= 0.3 is 5.97 Å². The summed E-state index contributed by atoms with van der Waals surface area (Å²) in [6, 6.07) is -0.621. The molecule has 6 heteroatoms. The van der Waals surface area contributed by atoms with Gasteiger partial charge in [-0.05, 0) is 26.7 Å². The van der Waals surface area contributed by atoms with Gasteiger partial charge in [-0.15, -0.1) is 0 Å². The third kappa shape index (κ3) is 3.95. The largest absolute Gasteiger partial charge is 0.481 e. The van der Waals surface area contributed by atoms with Gasteiger partial charge in [-0.3, -0.25) is 14.4 Å². The Morgan fingerprint density at radius 1 is 1.25 bits per heavy atom. The predicted molar refractivity (Wildman–Crippen MR) is 74.0 cm³/mol. The molecular formula is C14H24N2O4. The van der Waals surface area contributed by atoms with Gasteiger partial charge < -0.3 is 15.3 Å². The molecule has 1 rings (SSSR count). The molecule has 0 aromatic carbocycles. The van der Waals surface area contributed by atoms with E-state index in [9.17, 15) is 19.5 Å². The third-order valence-electron chi connectivity index (χ3n) is 4.00. The van der Waals surface area contributed by atoms with E-state index in [-0.39, 0.29) is 11.8 Å². The summed E-state index contributed by atoms with van der Waals surface area (Å²) >= 11 is 0. The van der Waals surface area contributed by atoms with E-state index in [2.05, 4.69) is 5.32 Å². The van der Waals surface area contributed by atoms with E-state index in [0.717, 1.165) is 12.8 Å². The third-order valence-corrected chi connectivity index (χ3v) is 4.00. The van der Waals surface area contributed by atoms with Crippen molar-refractivity contribution >= 4 is 17.8 Å². The summed E-state index contributed by atoms with van der Waals surface area (Å²) < 4.78 is 0. The number of amides is 2. The number of aliphatic carboxylic acids is 1. The number of likely N-dealkylation sites (N-methyl/N-ethyl adjacent to an activating group) is 1. The van der Waals surface area contributed by atoms with Crippen LogP contribution >= 0.6 is 0 Å². The summed E-state index contributed by atoms with van der Waals surface area (Å²) in [6.07, 6.45) is 2.81. The van der Waals surface area contributed by atoms with Crippen LogP contribution in [0.1, 0.15) is 39.5 Å². The molecule has 0 spiro atoms. The Hall–Kier alpha value is -1.59. The van der Waals surface area contributed by atoms with Crippen molar-refractivity contribution in [2.75, 3.05) is 13.6 Å². The first-order chi connectivity index (χ1) is 9.38. The fourth-order valence-electron chi connectivity index (χ4n) is 2.61. The van der Waals surface area contributed by atoms with Gasteiger partial charge in [0.1, 0.15) is 6.04 Å². The van der Waals surface area contributed by atoms with Crippen LogP contribution in [-0.4, -0.2) is 47.4 Å². The van der Waals surface area contributed by atoms with Crippen LogP contribution in [0.25, 0.3) is 0 Å². The lowest BCUT2D eigenvalue weighted by Gasteiger charge is -2.29. The Balaban J connectivity index is 2.64. The maximum Gasteiger partial charge on any atom is 0.307 e. The van der Waals surface area contributed by atoms with Gasteiger partial charge in [0.25, 0.3) is 0 Å². The van der Waals surface area contributed by atoms with Crippen LogP contribution in [0, 0.1) is 11.8 Å². The number of rotatable bonds is 5. The van der Waals surface area contributed by atoms with Crippen molar-refractivity contribution in [3.63, 3.8) is 0 Å². The molecule has 1 unspecified atom stereocenters. The standard InChI is InChI=1S/C14H24N2O4/c1-4-16(3)13(18)9(2)15-12(17)10-7-5-6-8-11(10)14(19)20/h9-11H,4-8H2,1-3H3,(H,15,17)(H,19,20)/t9?,10-,11+/m1/s1. The molecule has 2 N–H and O–H groups in total. The lowest BCUT2D eigenvalue weighted by atomic mass is 9.78. The quantitative estimate of drug-likeness (QED) is 0.784. The van der Waals surface area contributed by atoms with Crippen LogP contribution < -0.4 is 5.32 Å². The molecule has 1 fully saturated rings. The molecule has 2 amide bonds. The summed E-state index contributed by atoms with van der Waals surface area (Å²) in [5.74, 6) is -2.56. The lowest BCUT2D eigenvalue weighted by molar-refractivity contribution is -0.149. The maximum absolute atomic E-state index is 12.2. The Morgan fingerprint density at radius 2 is 1.80 bits per heavy atom. The van der Waals surface area contributed by atoms with Crippen LogP contribution in [0.3, 0.4) is 0 Å². The average Bonchev–Trinajstić information content (AvgIpc) is 2.45. The van der Waals surface area contributed by atoms with Crippen LogP contribution in [0.15, 0.2) is 0 Å². The Morgan fingerprint density at radius 3 is 2.30 bits per heavy atom. The van der Waals surface area contributed by atoms with Crippen molar-refractivity contribution in [3.05, 3.63) is 0 Å². The van der Waals surface area contributed by atoms with Gasteiger partial charge in [0.15, 0.2) is 0 Å². The molecule has 6 nitrogen and oxygen atoms in total. The van der Waals surface area contributed by atoms with E-state index in [1.165, 1.54) is 4.90 Å². The lowest BCUT2D eigenvalue weighted by Crippen LogP contribution is -2.49. The molecular weight excluding hydrogens is 260 g/mol. The molecule has 0 aromatic rings. The SMILES string of the molecule is CCN(C)C(=O)C(C)NC(=O)[C@@H]1CCCC[C@@H]1C(=O)O. The molecule has 0 aromatic heterocycles. The van der Waals surface area contributed by atoms with E-state index in [1.807, 2.05) is 6.92 Å². The molecule has 0 radical (unpaired) electrons. The zero-order valence-corrected chi connectivity index (χ0v) is 12.4. The first-order valence-electron chi connectivity index (χ1n) is 7.16. The molecule has 1 aliphatic rings. The topological polar surface area (TPSA) is 86.7 Å². The van der Waals surface area contributed by atoms with Crippen molar-refractivity contribution in [2.45, 2.75) is 45.6 Å². The highest BCUT2D eigenvalue weighted by Crippen LogP contribution is 2.30. The van der Waals surface area contributed by atoms with Crippen molar-refractivity contribution < 1.29 is 19.5 Å². The van der Waals surface area contributed by atoms with Gasteiger partial charge in [0, 0.05) is 13.6 Å². The van der Waals surface area contributed by atoms with Gasteiger partial charge in [-0.25, -0.2) is 0 Å². The van der Waals surface area contributed by atoms with E-state index in [0.29, 0.717) is 19.4 Å². The summed E-state index contributed by atoms with van der Waals surface area (Å²) in [5, 5.41) is 11.8. The van der Waals surface area contributed by atoms with Gasteiger partial charge in [0.05, 0.1) is 11.8 Å². The fourth-order valence-corrected chi connectivity index (χ4v) is 2.61. The molecule has 114 valence electrons. The van der Waals surface area contributed by atoms with Crippen molar-refractivity contribution in [1.82, 2.24) is 10.2 Å². The number of carboxylic acids is 1. The van der Waals surface area contributed by atoms with E-state index in [1.54, 1.807) is 14.0 Å². The first kappa shape index (κ1) is 16.5. The zero-order chi connectivity index (χ0) is 15.3. The maximum atomic E-state index is 12.2. The normalized spacial score (nSPS) is 23.8. The molecule has 0 bridgehead atoms. The second-order valence-corrected chi connectivity index (χ2v) is 5.42. The zero-order valence-electron chi connectivity index (χ0n) is 12.4. The minimum absolute atomic E-state index is 0.163. The Bertz CT molecular complexity index is 383. The van der Waals surface area contributed by atoms with Crippen molar-refractivity contribution in [1.29, 1.82) is 0 Å². The number of nitrogens with one attached hydrogen (secondary N) is 1. The number of nitrogens with zero attached hydrogens (tertiary/aromatic N) is 1. The smallest absolute Gasteiger partial charge is 0.307 e. The number of hydrogen-bond acceptors (Lipinski definition) is 3. The highest BCUT2D eigenvalue weighted by Gasteiger charge is 2.36. The van der Waals surface area contributed by atoms with Crippen molar-refractivity contribution in [3.8, 4) is 0 Å². The van der Waals surface area contributed by atoms with E-state index < -0.39 is 23.8 Å². The predicted octanol–water partition coefficient (Wildman–Crippen LogP) is 0.860. The number of hydrogen-bond donors (Lipinski definition) is 2.